The molecule has 0 unspecified atom stereocenters. The standard InChI is InChI=1S/C28H26F5N7O2/c1-42-18-4-2-16(3-5-18)14-39(15-23-35-20-7-6-19(29)25(30)26(20)36-23)21-12-24(38-10-8-17(41)9-11-38)37-40-22(28(31,32)33)13-34-27(21)40/h2-7,12-13,17,41H,8-11,14-15H2,1H3,(H,35,36). The van der Waals surface area contributed by atoms with Crippen molar-refractivity contribution in [1.29, 1.82) is 0 Å². The maximum absolute atomic E-state index is 14.5. The van der Waals surface area contributed by atoms with Crippen LogP contribution in [0.15, 0.2) is 48.7 Å². The van der Waals surface area contributed by atoms with Crippen LogP contribution in [0.25, 0.3) is 16.7 Å². The third-order valence-corrected chi connectivity index (χ3v) is 7.32. The molecule has 0 saturated carbocycles. The fourth-order valence-corrected chi connectivity index (χ4v) is 5.12. The quantitative estimate of drug-likeness (QED) is 0.257. The third-order valence-electron chi connectivity index (χ3n) is 7.32. The van der Waals surface area contributed by atoms with Gasteiger partial charge in [0.25, 0.3) is 0 Å². The van der Waals surface area contributed by atoms with E-state index in [2.05, 4.69) is 20.1 Å². The molecule has 1 aliphatic rings. The van der Waals surface area contributed by atoms with Crippen LogP contribution in [-0.2, 0) is 19.3 Å². The second kappa shape index (κ2) is 10.7. The van der Waals surface area contributed by atoms with Crippen LogP contribution in [0.5, 0.6) is 5.75 Å². The first-order valence-electron chi connectivity index (χ1n) is 13.2. The molecule has 2 N–H and O–H groups in total. The Morgan fingerprint density at radius 2 is 1.81 bits per heavy atom. The van der Waals surface area contributed by atoms with E-state index < -0.39 is 29.6 Å². The summed E-state index contributed by atoms with van der Waals surface area (Å²) in [5.41, 5.74) is 0.144. The van der Waals surface area contributed by atoms with Crippen molar-refractivity contribution in [1.82, 2.24) is 24.6 Å². The Balaban J connectivity index is 1.49. The molecule has 0 bridgehead atoms. The summed E-state index contributed by atoms with van der Waals surface area (Å²) in [7, 11) is 1.54. The first kappa shape index (κ1) is 27.7. The molecule has 0 radical (unpaired) electrons. The number of hydrogen-bond donors (Lipinski definition) is 2. The van der Waals surface area contributed by atoms with Crippen LogP contribution in [-0.4, -0.2) is 56.0 Å². The van der Waals surface area contributed by atoms with Crippen molar-refractivity contribution in [3.63, 3.8) is 0 Å². The smallest absolute Gasteiger partial charge is 0.435 e. The molecule has 3 aromatic heterocycles. The van der Waals surface area contributed by atoms with Gasteiger partial charge in [-0.2, -0.15) is 13.2 Å². The number of rotatable bonds is 7. The SMILES string of the molecule is COc1ccc(CN(Cc2nc3c(F)c(F)ccc3[nH]2)c2cc(N3CCC(O)CC3)nn3c(C(F)(F)F)cnc23)cc1. The molecule has 1 fully saturated rings. The van der Waals surface area contributed by atoms with Crippen LogP contribution in [0, 0.1) is 11.6 Å². The number of hydrogen-bond acceptors (Lipinski definition) is 7. The highest BCUT2D eigenvalue weighted by Gasteiger charge is 2.36. The maximum atomic E-state index is 14.5. The molecule has 4 heterocycles. The van der Waals surface area contributed by atoms with Gasteiger partial charge in [0.2, 0.25) is 0 Å². The number of aromatic amines is 1. The summed E-state index contributed by atoms with van der Waals surface area (Å²) in [6.07, 6.45) is -3.58. The Bertz CT molecular complexity index is 1730. The second-order valence-electron chi connectivity index (χ2n) is 10.1. The van der Waals surface area contributed by atoms with Crippen LogP contribution in [0.4, 0.5) is 33.5 Å². The monoisotopic (exact) mass is 587 g/mol. The van der Waals surface area contributed by atoms with E-state index in [1.807, 2.05) is 17.0 Å². The molecule has 14 heteroatoms. The topological polar surface area (TPSA) is 94.8 Å². The Morgan fingerprint density at radius 1 is 1.07 bits per heavy atom. The number of aromatic nitrogens is 5. The predicted octanol–water partition coefficient (Wildman–Crippen LogP) is 5.08. The lowest BCUT2D eigenvalue weighted by molar-refractivity contribution is -0.142. The molecular formula is C28H26F5N7O2. The average Bonchev–Trinajstić information content (AvgIpc) is 3.60. The van der Waals surface area contributed by atoms with Crippen molar-refractivity contribution in [3.8, 4) is 5.75 Å². The molecule has 220 valence electrons. The van der Waals surface area contributed by atoms with E-state index in [0.29, 0.717) is 37.4 Å². The first-order chi connectivity index (χ1) is 20.1. The third kappa shape index (κ3) is 5.29. The molecule has 6 rings (SSSR count). The first-order valence-corrected chi connectivity index (χ1v) is 13.2. The van der Waals surface area contributed by atoms with E-state index in [9.17, 15) is 27.1 Å². The Morgan fingerprint density at radius 3 is 2.50 bits per heavy atom. The highest BCUT2D eigenvalue weighted by molar-refractivity contribution is 5.76. The minimum atomic E-state index is -4.72. The molecule has 0 atom stereocenters. The van der Waals surface area contributed by atoms with Crippen LogP contribution in [0.3, 0.4) is 0 Å². The predicted molar refractivity (Wildman–Crippen MR) is 144 cm³/mol. The van der Waals surface area contributed by atoms with Gasteiger partial charge in [-0.1, -0.05) is 12.1 Å². The number of halogens is 5. The van der Waals surface area contributed by atoms with Crippen molar-refractivity contribution in [2.24, 2.45) is 0 Å². The van der Waals surface area contributed by atoms with Crippen molar-refractivity contribution in [2.45, 2.75) is 38.2 Å². The minimum absolute atomic E-state index is 0.00614. The van der Waals surface area contributed by atoms with Gasteiger partial charge in [0.05, 0.1) is 37.2 Å². The van der Waals surface area contributed by atoms with Gasteiger partial charge in [-0.15, -0.1) is 5.10 Å². The lowest BCUT2D eigenvalue weighted by Gasteiger charge is -2.32. The number of fused-ring (bicyclic) bond motifs is 2. The van der Waals surface area contributed by atoms with Gasteiger partial charge in [0.15, 0.2) is 28.8 Å². The lowest BCUT2D eigenvalue weighted by Crippen LogP contribution is -2.37. The molecule has 0 spiro atoms. The minimum Gasteiger partial charge on any atom is -0.497 e. The number of nitrogens with one attached hydrogen (secondary N) is 1. The van der Waals surface area contributed by atoms with Gasteiger partial charge in [0, 0.05) is 25.7 Å². The van der Waals surface area contributed by atoms with Crippen LogP contribution in [0.2, 0.25) is 0 Å². The highest BCUT2D eigenvalue weighted by atomic mass is 19.4. The van der Waals surface area contributed by atoms with Gasteiger partial charge in [-0.3, -0.25) is 0 Å². The number of aliphatic hydroxyl groups is 1. The van der Waals surface area contributed by atoms with Crippen LogP contribution < -0.4 is 14.5 Å². The van der Waals surface area contributed by atoms with Gasteiger partial charge in [-0.05, 0) is 42.7 Å². The summed E-state index contributed by atoms with van der Waals surface area (Å²) < 4.78 is 76.4. The molecule has 1 saturated heterocycles. The van der Waals surface area contributed by atoms with E-state index in [1.54, 1.807) is 23.1 Å². The lowest BCUT2D eigenvalue weighted by atomic mass is 10.1. The summed E-state index contributed by atoms with van der Waals surface area (Å²) in [6, 6.07) is 11.2. The van der Waals surface area contributed by atoms with Crippen LogP contribution >= 0.6 is 0 Å². The van der Waals surface area contributed by atoms with E-state index >= 15 is 0 Å². The highest BCUT2D eigenvalue weighted by Crippen LogP contribution is 2.35. The molecule has 2 aromatic carbocycles. The zero-order valence-corrected chi connectivity index (χ0v) is 22.4. The van der Waals surface area contributed by atoms with E-state index in [0.717, 1.165) is 22.3 Å². The molecular weight excluding hydrogens is 561 g/mol. The van der Waals surface area contributed by atoms with E-state index in [-0.39, 0.29) is 41.4 Å². The summed E-state index contributed by atoms with van der Waals surface area (Å²) >= 11 is 0. The molecule has 0 amide bonds. The average molecular weight is 588 g/mol. The second-order valence-corrected chi connectivity index (χ2v) is 10.1. The van der Waals surface area contributed by atoms with E-state index in [4.69, 9.17) is 4.74 Å². The van der Waals surface area contributed by atoms with Crippen molar-refractivity contribution in [2.75, 3.05) is 30.0 Å². The summed E-state index contributed by atoms with van der Waals surface area (Å²) in [5, 5.41) is 14.3. The van der Waals surface area contributed by atoms with Crippen molar-refractivity contribution in [3.05, 3.63) is 77.4 Å². The number of piperidine rings is 1. The summed E-state index contributed by atoms with van der Waals surface area (Å²) in [4.78, 5) is 14.9. The number of alkyl halides is 3. The number of benzene rings is 2. The molecule has 0 aliphatic carbocycles. The van der Waals surface area contributed by atoms with Gasteiger partial charge in [-0.25, -0.2) is 23.3 Å². The molecule has 9 nitrogen and oxygen atoms in total. The fraction of sp³-hybridized carbons (Fsp3) is 0.321. The van der Waals surface area contributed by atoms with Gasteiger partial charge < -0.3 is 24.6 Å². The fourth-order valence-electron chi connectivity index (χ4n) is 5.12. The van der Waals surface area contributed by atoms with Gasteiger partial charge in [0.1, 0.15) is 17.1 Å². The number of methoxy groups -OCH3 is 1. The zero-order valence-electron chi connectivity index (χ0n) is 22.4. The number of nitrogens with zero attached hydrogens (tertiary/aromatic N) is 6. The van der Waals surface area contributed by atoms with Gasteiger partial charge >= 0.3 is 6.18 Å². The number of aliphatic hydroxyl groups excluding tert-OH is 1. The van der Waals surface area contributed by atoms with Crippen molar-refractivity contribution >= 4 is 28.2 Å². The number of anilines is 2. The number of imidazole rings is 2. The Hall–Kier alpha value is -4.46. The Kier molecular flexibility index (Phi) is 7.09. The zero-order chi connectivity index (χ0) is 29.6. The Labute approximate surface area is 236 Å². The molecule has 1 aliphatic heterocycles. The normalized spacial score (nSPS) is 14.7. The van der Waals surface area contributed by atoms with Crippen LogP contribution in [0.1, 0.15) is 29.9 Å². The molecule has 42 heavy (non-hydrogen) atoms. The molecule has 5 aromatic rings. The summed E-state index contributed by atoms with van der Waals surface area (Å²) in [6.45, 7) is 1.00. The summed E-state index contributed by atoms with van der Waals surface area (Å²) in [5.74, 6) is -0.960. The number of H-pyrrole nitrogens is 1. The van der Waals surface area contributed by atoms with Crippen molar-refractivity contribution < 1.29 is 31.8 Å². The number of ether oxygens (including phenoxy) is 1. The maximum Gasteiger partial charge on any atom is 0.435 e. The largest absolute Gasteiger partial charge is 0.497 e. The van der Waals surface area contributed by atoms with E-state index in [1.165, 1.54) is 13.2 Å².